The summed E-state index contributed by atoms with van der Waals surface area (Å²) in [6.45, 7) is 7.15. The molecule has 2 N–H and O–H groups in total. The van der Waals surface area contributed by atoms with E-state index in [4.69, 9.17) is 16.3 Å². The number of benzene rings is 1. The fourth-order valence-corrected chi connectivity index (χ4v) is 3.11. The largest absolute Gasteiger partial charge is 0.383 e. The van der Waals surface area contributed by atoms with Crippen molar-refractivity contribution in [2.75, 3.05) is 38.3 Å². The second-order valence-electron chi connectivity index (χ2n) is 6.24. The zero-order chi connectivity index (χ0) is 16.8. The fourth-order valence-electron chi connectivity index (χ4n) is 2.94. The van der Waals surface area contributed by atoms with Crippen molar-refractivity contribution >= 4 is 23.3 Å². The van der Waals surface area contributed by atoms with E-state index in [1.165, 1.54) is 11.3 Å². The van der Waals surface area contributed by atoms with Crippen molar-refractivity contribution in [2.45, 2.75) is 26.3 Å². The molecule has 2 amide bonds. The number of ether oxygens (including phenoxy) is 1. The SMILES string of the molecule is COCC(C)NC(=O)NCC1CCN(c2cc(Cl)ccc2C)C1. The molecule has 23 heavy (non-hydrogen) atoms. The van der Waals surface area contributed by atoms with E-state index in [0.29, 0.717) is 19.1 Å². The Morgan fingerprint density at radius 3 is 3.04 bits per heavy atom. The Labute approximate surface area is 143 Å². The third kappa shape index (κ3) is 5.29. The van der Waals surface area contributed by atoms with Gasteiger partial charge in [0.2, 0.25) is 0 Å². The summed E-state index contributed by atoms with van der Waals surface area (Å²) in [6, 6.07) is 5.86. The Morgan fingerprint density at radius 1 is 1.52 bits per heavy atom. The van der Waals surface area contributed by atoms with Crippen LogP contribution in [0.5, 0.6) is 0 Å². The van der Waals surface area contributed by atoms with Crippen molar-refractivity contribution in [3.8, 4) is 0 Å². The second kappa shape index (κ2) is 8.41. The van der Waals surface area contributed by atoms with Crippen LogP contribution in [0.2, 0.25) is 5.02 Å². The van der Waals surface area contributed by atoms with Crippen LogP contribution < -0.4 is 15.5 Å². The third-order valence-electron chi connectivity index (χ3n) is 4.14. The molecule has 0 spiro atoms. The summed E-state index contributed by atoms with van der Waals surface area (Å²) in [7, 11) is 1.63. The molecule has 0 bridgehead atoms. The minimum atomic E-state index is -0.132. The lowest BCUT2D eigenvalue weighted by atomic mass is 10.1. The standard InChI is InChI=1S/C17H26ClN3O2/c1-12-4-5-15(18)8-16(12)21-7-6-14(10-21)9-19-17(22)20-13(2)11-23-3/h4-5,8,13-14H,6-7,9-11H2,1-3H3,(H2,19,20,22). The number of carbonyl (C=O) groups excluding carboxylic acids is 1. The molecule has 6 heteroatoms. The number of hydrogen-bond donors (Lipinski definition) is 2. The molecule has 2 rings (SSSR count). The van der Waals surface area contributed by atoms with Crippen LogP contribution in [0.1, 0.15) is 18.9 Å². The monoisotopic (exact) mass is 339 g/mol. The topological polar surface area (TPSA) is 53.6 Å². The van der Waals surface area contributed by atoms with Gasteiger partial charge in [-0.15, -0.1) is 0 Å². The number of amides is 2. The number of nitrogens with zero attached hydrogens (tertiary/aromatic N) is 1. The Morgan fingerprint density at radius 2 is 2.30 bits per heavy atom. The van der Waals surface area contributed by atoms with Gasteiger partial charge >= 0.3 is 6.03 Å². The molecule has 1 aromatic rings. The van der Waals surface area contributed by atoms with E-state index in [0.717, 1.165) is 24.5 Å². The zero-order valence-corrected chi connectivity index (χ0v) is 14.8. The molecule has 0 radical (unpaired) electrons. The van der Waals surface area contributed by atoms with Crippen LogP contribution in [-0.4, -0.2) is 45.4 Å². The first-order valence-electron chi connectivity index (χ1n) is 8.04. The number of halogens is 1. The van der Waals surface area contributed by atoms with Crippen molar-refractivity contribution in [2.24, 2.45) is 5.92 Å². The summed E-state index contributed by atoms with van der Waals surface area (Å²) >= 11 is 6.11. The zero-order valence-electron chi connectivity index (χ0n) is 14.1. The van der Waals surface area contributed by atoms with Gasteiger partial charge < -0.3 is 20.3 Å². The highest BCUT2D eigenvalue weighted by Gasteiger charge is 2.24. The van der Waals surface area contributed by atoms with Crippen molar-refractivity contribution in [3.63, 3.8) is 0 Å². The first-order valence-corrected chi connectivity index (χ1v) is 8.41. The molecule has 1 aliphatic rings. The van der Waals surface area contributed by atoms with Crippen LogP contribution in [0, 0.1) is 12.8 Å². The Bertz CT molecular complexity index is 539. The molecular formula is C17H26ClN3O2. The summed E-state index contributed by atoms with van der Waals surface area (Å²) in [5.41, 5.74) is 2.42. The number of rotatable bonds is 6. The highest BCUT2D eigenvalue weighted by molar-refractivity contribution is 6.30. The normalized spacial score (nSPS) is 18.8. The second-order valence-corrected chi connectivity index (χ2v) is 6.68. The van der Waals surface area contributed by atoms with E-state index in [9.17, 15) is 4.79 Å². The van der Waals surface area contributed by atoms with E-state index in [1.807, 2.05) is 25.1 Å². The highest BCUT2D eigenvalue weighted by atomic mass is 35.5. The highest BCUT2D eigenvalue weighted by Crippen LogP contribution is 2.29. The van der Waals surface area contributed by atoms with Gasteiger partial charge in [0.1, 0.15) is 0 Å². The molecule has 0 saturated carbocycles. The van der Waals surface area contributed by atoms with Crippen molar-refractivity contribution < 1.29 is 9.53 Å². The predicted octanol–water partition coefficient (Wildman–Crippen LogP) is 2.81. The number of hydrogen-bond acceptors (Lipinski definition) is 3. The lowest BCUT2D eigenvalue weighted by Gasteiger charge is -2.21. The van der Waals surface area contributed by atoms with Crippen molar-refractivity contribution in [1.29, 1.82) is 0 Å². The van der Waals surface area contributed by atoms with Crippen LogP contribution in [-0.2, 0) is 4.74 Å². The third-order valence-corrected chi connectivity index (χ3v) is 4.38. The number of nitrogens with one attached hydrogen (secondary N) is 2. The molecule has 0 aliphatic carbocycles. The molecule has 1 saturated heterocycles. The predicted molar refractivity (Wildman–Crippen MR) is 94.4 cm³/mol. The van der Waals surface area contributed by atoms with Gasteiger partial charge in [-0.3, -0.25) is 0 Å². The summed E-state index contributed by atoms with van der Waals surface area (Å²) in [5, 5.41) is 6.57. The number of aryl methyl sites for hydroxylation is 1. The van der Waals surface area contributed by atoms with Crippen LogP contribution in [0.25, 0.3) is 0 Å². The van der Waals surface area contributed by atoms with E-state index < -0.39 is 0 Å². The van der Waals surface area contributed by atoms with Gasteiger partial charge in [-0.2, -0.15) is 0 Å². The fraction of sp³-hybridized carbons (Fsp3) is 0.588. The van der Waals surface area contributed by atoms with E-state index >= 15 is 0 Å². The average Bonchev–Trinajstić information content (AvgIpc) is 2.96. The molecule has 2 atom stereocenters. The number of methoxy groups -OCH3 is 1. The van der Waals surface area contributed by atoms with Crippen LogP contribution in [0.15, 0.2) is 18.2 Å². The van der Waals surface area contributed by atoms with E-state index in [1.54, 1.807) is 7.11 Å². The molecule has 128 valence electrons. The number of carbonyl (C=O) groups is 1. The minimum Gasteiger partial charge on any atom is -0.383 e. The van der Waals surface area contributed by atoms with Gasteiger partial charge in [-0.25, -0.2) is 4.79 Å². The maximum atomic E-state index is 11.8. The minimum absolute atomic E-state index is 0.00851. The molecule has 1 aliphatic heterocycles. The van der Waals surface area contributed by atoms with Crippen LogP contribution >= 0.6 is 11.6 Å². The van der Waals surface area contributed by atoms with Gasteiger partial charge in [0.05, 0.1) is 12.6 Å². The van der Waals surface area contributed by atoms with Gasteiger partial charge in [0, 0.05) is 37.5 Å². The quantitative estimate of drug-likeness (QED) is 0.838. The summed E-state index contributed by atoms with van der Waals surface area (Å²) in [5.74, 6) is 0.455. The van der Waals surface area contributed by atoms with Crippen LogP contribution in [0.3, 0.4) is 0 Å². The van der Waals surface area contributed by atoms with Gasteiger partial charge in [-0.1, -0.05) is 17.7 Å². The Kier molecular flexibility index (Phi) is 6.54. The van der Waals surface area contributed by atoms with Gasteiger partial charge in [0.25, 0.3) is 0 Å². The maximum Gasteiger partial charge on any atom is 0.315 e. The number of anilines is 1. The summed E-state index contributed by atoms with van der Waals surface area (Å²) in [6.07, 6.45) is 1.07. The first-order chi connectivity index (χ1) is 11.0. The molecule has 1 heterocycles. The molecular weight excluding hydrogens is 314 g/mol. The summed E-state index contributed by atoms with van der Waals surface area (Å²) < 4.78 is 5.01. The lowest BCUT2D eigenvalue weighted by molar-refractivity contribution is 0.170. The van der Waals surface area contributed by atoms with E-state index in [2.05, 4.69) is 22.5 Å². The molecule has 1 aromatic carbocycles. The molecule has 0 aromatic heterocycles. The first kappa shape index (κ1) is 17.9. The van der Waals surface area contributed by atoms with Crippen molar-refractivity contribution in [3.05, 3.63) is 28.8 Å². The van der Waals surface area contributed by atoms with Gasteiger partial charge in [0.15, 0.2) is 0 Å². The molecule has 2 unspecified atom stereocenters. The number of urea groups is 1. The molecule has 1 fully saturated rings. The van der Waals surface area contributed by atoms with Gasteiger partial charge in [-0.05, 0) is 43.9 Å². The van der Waals surface area contributed by atoms with Crippen LogP contribution in [0.4, 0.5) is 10.5 Å². The lowest BCUT2D eigenvalue weighted by Crippen LogP contribution is -2.44. The van der Waals surface area contributed by atoms with E-state index in [-0.39, 0.29) is 12.1 Å². The molecule has 5 nitrogen and oxygen atoms in total. The Hall–Kier alpha value is -1.46. The Balaban J connectivity index is 1.79. The van der Waals surface area contributed by atoms with Crippen molar-refractivity contribution in [1.82, 2.24) is 10.6 Å². The smallest absolute Gasteiger partial charge is 0.315 e. The summed E-state index contributed by atoms with van der Waals surface area (Å²) in [4.78, 5) is 14.2. The average molecular weight is 340 g/mol. The maximum absolute atomic E-state index is 11.8.